The lowest BCUT2D eigenvalue weighted by molar-refractivity contribution is 0.102. The molecule has 19 heavy (non-hydrogen) atoms. The summed E-state index contributed by atoms with van der Waals surface area (Å²) in [6.07, 6.45) is 0. The smallest absolute Gasteiger partial charge is 0.259 e. The average molecular weight is 260 g/mol. The zero-order chi connectivity index (χ0) is 14.0. The van der Waals surface area contributed by atoms with E-state index in [0.29, 0.717) is 5.69 Å². The number of rotatable bonds is 2. The molecule has 0 atom stereocenters. The number of phenolic OH excluding ortho intramolecular Hbond substituents is 1. The molecule has 0 aromatic heterocycles. The second kappa shape index (κ2) is 4.97. The van der Waals surface area contributed by atoms with Gasteiger partial charge in [-0.05, 0) is 42.8 Å². The molecular weight excluding hydrogens is 247 g/mol. The van der Waals surface area contributed by atoms with Crippen molar-refractivity contribution in [3.63, 3.8) is 0 Å². The molecule has 0 saturated carbocycles. The van der Waals surface area contributed by atoms with Crippen molar-refractivity contribution in [1.82, 2.24) is 0 Å². The van der Waals surface area contributed by atoms with Crippen molar-refractivity contribution in [2.75, 3.05) is 11.1 Å². The lowest BCUT2D eigenvalue weighted by atomic mass is 10.1. The number of aryl methyl sites for hydroxylation is 1. The van der Waals surface area contributed by atoms with Gasteiger partial charge in [0.05, 0.1) is 16.9 Å². The molecule has 98 valence electrons. The Morgan fingerprint density at radius 2 is 2.00 bits per heavy atom. The highest BCUT2D eigenvalue weighted by atomic mass is 19.1. The van der Waals surface area contributed by atoms with E-state index in [-0.39, 0.29) is 17.0 Å². The van der Waals surface area contributed by atoms with Crippen molar-refractivity contribution in [3.8, 4) is 5.75 Å². The van der Waals surface area contributed by atoms with E-state index in [1.165, 1.54) is 24.3 Å². The van der Waals surface area contributed by atoms with E-state index in [4.69, 9.17) is 5.73 Å². The largest absolute Gasteiger partial charge is 0.507 e. The maximum absolute atomic E-state index is 12.9. The zero-order valence-corrected chi connectivity index (χ0v) is 10.3. The fourth-order valence-electron chi connectivity index (χ4n) is 1.67. The molecule has 0 unspecified atom stereocenters. The number of phenols is 1. The first kappa shape index (κ1) is 12.9. The minimum atomic E-state index is -0.504. The molecular formula is C14H13FN2O2. The van der Waals surface area contributed by atoms with Crippen LogP contribution >= 0.6 is 0 Å². The molecule has 4 nitrogen and oxygen atoms in total. The minimum Gasteiger partial charge on any atom is -0.507 e. The molecule has 4 N–H and O–H groups in total. The highest BCUT2D eigenvalue weighted by Gasteiger charge is 2.12. The second-order valence-electron chi connectivity index (χ2n) is 4.21. The summed E-state index contributed by atoms with van der Waals surface area (Å²) in [6, 6.07) is 8.39. The van der Waals surface area contributed by atoms with Crippen LogP contribution in [0.5, 0.6) is 5.75 Å². The predicted octanol–water partition coefficient (Wildman–Crippen LogP) is 2.67. The van der Waals surface area contributed by atoms with Gasteiger partial charge in [-0.1, -0.05) is 6.07 Å². The van der Waals surface area contributed by atoms with E-state index in [0.717, 1.165) is 11.6 Å². The third-order valence-electron chi connectivity index (χ3n) is 2.66. The third-order valence-corrected chi connectivity index (χ3v) is 2.66. The summed E-state index contributed by atoms with van der Waals surface area (Å²) in [5, 5.41) is 12.2. The van der Waals surface area contributed by atoms with Crippen LogP contribution in [-0.2, 0) is 0 Å². The summed E-state index contributed by atoms with van der Waals surface area (Å²) in [5.74, 6) is -1.09. The van der Waals surface area contributed by atoms with E-state index < -0.39 is 11.7 Å². The van der Waals surface area contributed by atoms with Crippen LogP contribution in [0.1, 0.15) is 15.9 Å². The van der Waals surface area contributed by atoms with Gasteiger partial charge in [-0.2, -0.15) is 0 Å². The lowest BCUT2D eigenvalue weighted by Gasteiger charge is -2.09. The molecule has 2 aromatic carbocycles. The van der Waals surface area contributed by atoms with Crippen LogP contribution < -0.4 is 11.1 Å². The molecule has 0 saturated heterocycles. The van der Waals surface area contributed by atoms with Gasteiger partial charge in [0, 0.05) is 0 Å². The van der Waals surface area contributed by atoms with Crippen LogP contribution in [0.2, 0.25) is 0 Å². The fourth-order valence-corrected chi connectivity index (χ4v) is 1.67. The molecule has 0 fully saturated rings. The zero-order valence-electron chi connectivity index (χ0n) is 10.3. The Kier molecular flexibility index (Phi) is 3.37. The third kappa shape index (κ3) is 2.82. The maximum atomic E-state index is 12.9. The predicted molar refractivity (Wildman–Crippen MR) is 71.6 cm³/mol. The topological polar surface area (TPSA) is 75.4 Å². The van der Waals surface area contributed by atoms with E-state index in [2.05, 4.69) is 5.32 Å². The van der Waals surface area contributed by atoms with Gasteiger partial charge < -0.3 is 16.2 Å². The molecule has 0 aliphatic carbocycles. The molecule has 0 aliphatic rings. The van der Waals surface area contributed by atoms with Crippen LogP contribution in [0.15, 0.2) is 36.4 Å². The number of hydrogen-bond donors (Lipinski definition) is 3. The van der Waals surface area contributed by atoms with E-state index in [9.17, 15) is 14.3 Å². The molecule has 0 spiro atoms. The first-order valence-electron chi connectivity index (χ1n) is 5.63. The maximum Gasteiger partial charge on any atom is 0.259 e. The molecule has 0 radical (unpaired) electrons. The number of aromatic hydroxyl groups is 1. The average Bonchev–Trinajstić information content (AvgIpc) is 2.32. The van der Waals surface area contributed by atoms with Crippen LogP contribution in [0.4, 0.5) is 15.8 Å². The number of benzene rings is 2. The Morgan fingerprint density at radius 1 is 1.26 bits per heavy atom. The monoisotopic (exact) mass is 260 g/mol. The standard InChI is InChI=1S/C14H13FN2O2/c1-8-2-4-10(13(18)6-8)14(19)17-12-5-3-9(15)7-11(12)16/h2-7,18H,16H2,1H3,(H,17,19). The Balaban J connectivity index is 2.25. The van der Waals surface area contributed by atoms with Crippen LogP contribution in [0.25, 0.3) is 0 Å². The quantitative estimate of drug-likeness (QED) is 0.727. The number of nitrogen functional groups attached to an aromatic ring is 1. The Labute approximate surface area is 109 Å². The molecule has 2 aromatic rings. The van der Waals surface area contributed by atoms with Crippen molar-refractivity contribution >= 4 is 17.3 Å². The summed E-state index contributed by atoms with van der Waals surface area (Å²) in [4.78, 5) is 12.0. The fraction of sp³-hybridized carbons (Fsp3) is 0.0714. The normalized spacial score (nSPS) is 10.2. The highest BCUT2D eigenvalue weighted by Crippen LogP contribution is 2.23. The van der Waals surface area contributed by atoms with Gasteiger partial charge in [-0.15, -0.1) is 0 Å². The number of anilines is 2. The van der Waals surface area contributed by atoms with Gasteiger partial charge in [0.15, 0.2) is 0 Å². The molecule has 2 rings (SSSR count). The number of halogens is 1. The van der Waals surface area contributed by atoms with Crippen molar-refractivity contribution in [1.29, 1.82) is 0 Å². The molecule has 1 amide bonds. The number of carbonyl (C=O) groups excluding carboxylic acids is 1. The van der Waals surface area contributed by atoms with Crippen molar-refractivity contribution in [2.24, 2.45) is 0 Å². The van der Waals surface area contributed by atoms with Gasteiger partial charge in [0.1, 0.15) is 11.6 Å². The lowest BCUT2D eigenvalue weighted by Crippen LogP contribution is -2.13. The van der Waals surface area contributed by atoms with Crippen molar-refractivity contribution in [3.05, 3.63) is 53.3 Å². The summed E-state index contributed by atoms with van der Waals surface area (Å²) in [6.45, 7) is 1.80. The molecule has 0 heterocycles. The van der Waals surface area contributed by atoms with Gasteiger partial charge >= 0.3 is 0 Å². The Hall–Kier alpha value is -2.56. The van der Waals surface area contributed by atoms with Gasteiger partial charge in [-0.25, -0.2) is 4.39 Å². The highest BCUT2D eigenvalue weighted by molar-refractivity contribution is 6.07. The van der Waals surface area contributed by atoms with E-state index in [1.54, 1.807) is 13.0 Å². The van der Waals surface area contributed by atoms with Crippen LogP contribution in [-0.4, -0.2) is 11.0 Å². The second-order valence-corrected chi connectivity index (χ2v) is 4.21. The Bertz CT molecular complexity index is 641. The number of hydrogen-bond acceptors (Lipinski definition) is 3. The van der Waals surface area contributed by atoms with E-state index >= 15 is 0 Å². The minimum absolute atomic E-state index is 0.113. The molecule has 5 heteroatoms. The van der Waals surface area contributed by atoms with Crippen LogP contribution in [0.3, 0.4) is 0 Å². The number of carbonyl (C=O) groups is 1. The van der Waals surface area contributed by atoms with Crippen molar-refractivity contribution in [2.45, 2.75) is 6.92 Å². The first-order chi connectivity index (χ1) is 8.97. The van der Waals surface area contributed by atoms with E-state index in [1.807, 2.05) is 0 Å². The summed E-state index contributed by atoms with van der Waals surface area (Å²) >= 11 is 0. The van der Waals surface area contributed by atoms with Gasteiger partial charge in [-0.3, -0.25) is 4.79 Å². The summed E-state index contributed by atoms with van der Waals surface area (Å²) in [7, 11) is 0. The summed E-state index contributed by atoms with van der Waals surface area (Å²) < 4.78 is 12.9. The summed E-state index contributed by atoms with van der Waals surface area (Å²) in [5.41, 5.74) is 6.99. The van der Waals surface area contributed by atoms with Gasteiger partial charge in [0.25, 0.3) is 5.91 Å². The SMILES string of the molecule is Cc1ccc(C(=O)Nc2ccc(F)cc2N)c(O)c1. The first-order valence-corrected chi connectivity index (χ1v) is 5.63. The molecule has 0 bridgehead atoms. The number of nitrogens with two attached hydrogens (primary N) is 1. The molecule has 0 aliphatic heterocycles. The number of amides is 1. The van der Waals surface area contributed by atoms with Crippen molar-refractivity contribution < 1.29 is 14.3 Å². The Morgan fingerprint density at radius 3 is 2.63 bits per heavy atom. The van der Waals surface area contributed by atoms with Crippen LogP contribution in [0, 0.1) is 12.7 Å². The van der Waals surface area contributed by atoms with Gasteiger partial charge in [0.2, 0.25) is 0 Å². The number of nitrogens with one attached hydrogen (secondary N) is 1.